The van der Waals surface area contributed by atoms with Gasteiger partial charge < -0.3 is 47.0 Å². The molecule has 1 aliphatic heterocycles. The van der Waals surface area contributed by atoms with Crippen LogP contribution in [0.5, 0.6) is 23.0 Å². The van der Waals surface area contributed by atoms with Gasteiger partial charge in [0.1, 0.15) is 36.4 Å². The van der Waals surface area contributed by atoms with E-state index in [1.165, 1.54) is 25.3 Å². The third kappa shape index (κ3) is 9.47. The Morgan fingerprint density at radius 1 is 0.714 bits per heavy atom. The number of hydrogen-bond donors (Lipinski definition) is 0. The maximum atomic E-state index is 13.0. The molecule has 16 nitrogen and oxygen atoms in total. The number of carbonyl (C=O) groups excluding carboxylic acids is 5. The zero-order valence-electron chi connectivity index (χ0n) is 27.4. The van der Waals surface area contributed by atoms with Gasteiger partial charge in [-0.05, 0) is 29.8 Å². The molecule has 5 atom stereocenters. The molecule has 0 spiro atoms. The average molecular weight is 687 g/mol. The highest BCUT2D eigenvalue weighted by Crippen LogP contribution is 2.37. The second kappa shape index (κ2) is 16.0. The van der Waals surface area contributed by atoms with Crippen molar-refractivity contribution in [3.05, 3.63) is 58.4 Å². The highest BCUT2D eigenvalue weighted by atomic mass is 16.7. The van der Waals surface area contributed by atoms with Gasteiger partial charge in [0.25, 0.3) is 5.75 Å². The van der Waals surface area contributed by atoms with Crippen molar-refractivity contribution in [3.63, 3.8) is 0 Å². The first-order valence-corrected chi connectivity index (χ1v) is 14.8. The van der Waals surface area contributed by atoms with E-state index in [2.05, 4.69) is 0 Å². The minimum atomic E-state index is -1.55. The second-order valence-corrected chi connectivity index (χ2v) is 10.6. The van der Waals surface area contributed by atoms with E-state index in [9.17, 15) is 28.8 Å². The van der Waals surface area contributed by atoms with Crippen molar-refractivity contribution in [1.82, 2.24) is 0 Å². The lowest BCUT2D eigenvalue weighted by molar-refractivity contribution is -0.288. The Labute approximate surface area is 279 Å². The van der Waals surface area contributed by atoms with E-state index >= 15 is 0 Å². The van der Waals surface area contributed by atoms with E-state index < -0.39 is 78.5 Å². The van der Waals surface area contributed by atoms with Crippen LogP contribution in [0.4, 0.5) is 0 Å². The van der Waals surface area contributed by atoms with Crippen molar-refractivity contribution in [2.75, 3.05) is 13.7 Å². The molecule has 2 aromatic carbocycles. The fourth-order valence-corrected chi connectivity index (χ4v) is 4.88. The molecule has 0 N–H and O–H groups in total. The molecule has 16 heteroatoms. The van der Waals surface area contributed by atoms with Gasteiger partial charge in [0.2, 0.25) is 12.4 Å². The summed E-state index contributed by atoms with van der Waals surface area (Å²) < 4.78 is 55.0. The summed E-state index contributed by atoms with van der Waals surface area (Å²) in [5.41, 5.74) is -0.384. The van der Waals surface area contributed by atoms with E-state index in [0.29, 0.717) is 11.3 Å². The Balaban J connectivity index is 1.73. The van der Waals surface area contributed by atoms with Crippen LogP contribution in [0.3, 0.4) is 0 Å². The maximum absolute atomic E-state index is 13.0. The molecule has 3 aromatic rings. The summed E-state index contributed by atoms with van der Waals surface area (Å²) >= 11 is 0. The number of esters is 5. The van der Waals surface area contributed by atoms with Crippen molar-refractivity contribution in [3.8, 4) is 23.0 Å². The maximum Gasteiger partial charge on any atom is 0.383 e. The standard InChI is InChI=1S/C33H34O16/c1-16(34)41-15-26-28(43-17(2)35)29(44-18(3)36)31(46-20(5)38)33(49-26)47-23-11-12-24-25(13-23)48-32(39)30(45-19(4)37)27(24)42-14-21-7-9-22(40-6)10-8-21/h7-13,26,28-29,31,33H,14-15H2,1-6H3/t26-,28-,29+,31-,33-/m1/s1. The van der Waals surface area contributed by atoms with Gasteiger partial charge in [0, 0.05) is 40.7 Å². The Bertz CT molecular complexity index is 1760. The largest absolute Gasteiger partial charge is 0.497 e. The summed E-state index contributed by atoms with van der Waals surface area (Å²) in [6.07, 6.45) is -7.15. The normalized spacial score (nSPS) is 20.0. The van der Waals surface area contributed by atoms with Crippen LogP contribution in [0, 0.1) is 0 Å². The van der Waals surface area contributed by atoms with Crippen molar-refractivity contribution in [1.29, 1.82) is 0 Å². The fraction of sp³-hybridized carbons (Fsp3) is 0.394. The first-order valence-electron chi connectivity index (χ1n) is 14.8. The van der Waals surface area contributed by atoms with Gasteiger partial charge >= 0.3 is 35.5 Å². The molecule has 0 aliphatic carbocycles. The summed E-state index contributed by atoms with van der Waals surface area (Å²) in [5, 5.41) is 0.221. The predicted octanol–water partition coefficient (Wildman–Crippen LogP) is 2.77. The number of rotatable bonds is 12. The number of methoxy groups -OCH3 is 1. The minimum absolute atomic E-state index is 0.00195. The molecule has 262 valence electrons. The van der Waals surface area contributed by atoms with E-state index in [0.717, 1.165) is 34.6 Å². The first kappa shape index (κ1) is 36.2. The number of ether oxygens (including phenoxy) is 9. The zero-order valence-corrected chi connectivity index (χ0v) is 27.4. The van der Waals surface area contributed by atoms with E-state index in [4.69, 9.17) is 47.0 Å². The number of fused-ring (bicyclic) bond motifs is 1. The Morgan fingerprint density at radius 3 is 1.92 bits per heavy atom. The van der Waals surface area contributed by atoms with Crippen molar-refractivity contribution in [2.24, 2.45) is 0 Å². The van der Waals surface area contributed by atoms with Crippen molar-refractivity contribution >= 4 is 40.8 Å². The fourth-order valence-electron chi connectivity index (χ4n) is 4.88. The first-order chi connectivity index (χ1) is 23.2. The molecule has 1 aromatic heterocycles. The van der Waals surface area contributed by atoms with E-state index in [-0.39, 0.29) is 29.1 Å². The molecule has 2 heterocycles. The van der Waals surface area contributed by atoms with Crippen LogP contribution >= 0.6 is 0 Å². The smallest absolute Gasteiger partial charge is 0.383 e. The number of carbonyl (C=O) groups is 5. The van der Waals surface area contributed by atoms with Crippen LogP contribution in [0.1, 0.15) is 40.2 Å². The molecule has 1 aliphatic rings. The summed E-state index contributed by atoms with van der Waals surface area (Å²) in [7, 11) is 1.53. The molecule has 4 rings (SSSR count). The van der Waals surface area contributed by atoms with Crippen LogP contribution < -0.4 is 24.6 Å². The highest BCUT2D eigenvalue weighted by Gasteiger charge is 2.53. The van der Waals surface area contributed by atoms with Crippen LogP contribution in [0.25, 0.3) is 11.0 Å². The van der Waals surface area contributed by atoms with Gasteiger partial charge in [-0.25, -0.2) is 4.79 Å². The quantitative estimate of drug-likeness (QED) is 0.153. The summed E-state index contributed by atoms with van der Waals surface area (Å²) in [6.45, 7) is 5.05. The number of benzene rings is 2. The molecule has 49 heavy (non-hydrogen) atoms. The van der Waals surface area contributed by atoms with Gasteiger partial charge in [-0.2, -0.15) is 0 Å². The number of hydrogen-bond acceptors (Lipinski definition) is 16. The molecular weight excluding hydrogens is 652 g/mol. The summed E-state index contributed by atoms with van der Waals surface area (Å²) in [5.74, 6) is -3.83. The monoisotopic (exact) mass is 686 g/mol. The van der Waals surface area contributed by atoms with Crippen molar-refractivity contribution < 1.29 is 71.0 Å². The molecule has 1 fully saturated rings. The second-order valence-electron chi connectivity index (χ2n) is 10.6. The van der Waals surface area contributed by atoms with Crippen LogP contribution in [0.2, 0.25) is 0 Å². The highest BCUT2D eigenvalue weighted by molar-refractivity contribution is 5.87. The van der Waals surface area contributed by atoms with E-state index in [1.54, 1.807) is 24.3 Å². The van der Waals surface area contributed by atoms with Gasteiger partial charge in [0.15, 0.2) is 18.0 Å². The Hall–Kier alpha value is -5.64. The lowest BCUT2D eigenvalue weighted by Crippen LogP contribution is -2.63. The Kier molecular flexibility index (Phi) is 11.8. The lowest BCUT2D eigenvalue weighted by atomic mass is 9.98. The lowest BCUT2D eigenvalue weighted by Gasteiger charge is -2.43. The molecule has 0 unspecified atom stereocenters. The van der Waals surface area contributed by atoms with Crippen molar-refractivity contribution in [2.45, 2.75) is 71.9 Å². The predicted molar refractivity (Wildman–Crippen MR) is 164 cm³/mol. The zero-order chi connectivity index (χ0) is 35.8. The SMILES string of the molecule is COc1ccc(COc2c(OC(C)=O)c(=O)oc3cc(O[C@@H]4O[C@H](COC(C)=O)[C@@H](OC(C)=O)[C@H](OC(C)=O)[C@H]4OC(C)=O)ccc23)cc1. The molecular formula is C33H34O16. The van der Waals surface area contributed by atoms with Crippen LogP contribution in [-0.2, 0) is 54.3 Å². The van der Waals surface area contributed by atoms with E-state index in [1.807, 2.05) is 0 Å². The van der Waals surface area contributed by atoms with Gasteiger partial charge in [-0.15, -0.1) is 0 Å². The molecule has 0 bridgehead atoms. The minimum Gasteiger partial charge on any atom is -0.497 e. The van der Waals surface area contributed by atoms with Gasteiger partial charge in [-0.1, -0.05) is 12.1 Å². The third-order valence-electron chi connectivity index (χ3n) is 6.78. The van der Waals surface area contributed by atoms with Gasteiger partial charge in [0.05, 0.1) is 12.5 Å². The summed E-state index contributed by atoms with van der Waals surface area (Å²) in [6, 6.07) is 11.1. The van der Waals surface area contributed by atoms with Crippen LogP contribution in [-0.4, -0.2) is 74.3 Å². The van der Waals surface area contributed by atoms with Crippen LogP contribution in [0.15, 0.2) is 51.7 Å². The molecule has 0 amide bonds. The average Bonchev–Trinajstić information content (AvgIpc) is 3.02. The molecule has 0 saturated carbocycles. The topological polar surface area (TPSA) is 199 Å². The van der Waals surface area contributed by atoms with Gasteiger partial charge in [-0.3, -0.25) is 24.0 Å². The molecule has 1 saturated heterocycles. The third-order valence-corrected chi connectivity index (χ3v) is 6.78. The summed E-state index contributed by atoms with van der Waals surface area (Å²) in [4.78, 5) is 72.8. The molecule has 0 radical (unpaired) electrons. The Morgan fingerprint density at radius 2 is 1.33 bits per heavy atom.